The molecule has 0 aliphatic carbocycles. The zero-order chi connectivity index (χ0) is 18.0. The first-order valence-electron chi connectivity index (χ1n) is 9.42. The predicted molar refractivity (Wildman–Crippen MR) is 95.8 cm³/mol. The van der Waals surface area contributed by atoms with Crippen LogP contribution in [0.15, 0.2) is 34.9 Å². The molecule has 2 aromatic rings. The molecule has 26 heavy (non-hydrogen) atoms. The van der Waals surface area contributed by atoms with Crippen LogP contribution in [0.5, 0.6) is 0 Å². The fourth-order valence-electron chi connectivity index (χ4n) is 4.25. The third kappa shape index (κ3) is 3.14. The number of amides is 1. The Morgan fingerprint density at radius 1 is 1.23 bits per heavy atom. The van der Waals surface area contributed by atoms with Gasteiger partial charge in [-0.15, -0.1) is 0 Å². The maximum absolute atomic E-state index is 13.7. The molecule has 1 aromatic heterocycles. The van der Waals surface area contributed by atoms with E-state index in [4.69, 9.17) is 9.26 Å². The lowest BCUT2D eigenvalue weighted by Gasteiger charge is -2.42. The summed E-state index contributed by atoms with van der Waals surface area (Å²) in [7, 11) is 0. The van der Waals surface area contributed by atoms with E-state index in [1.54, 1.807) is 0 Å². The predicted octanol–water partition coefficient (Wildman–Crippen LogP) is 2.83. The van der Waals surface area contributed by atoms with E-state index >= 15 is 0 Å². The number of aromatic nitrogens is 2. The number of hydrogen-bond acceptors (Lipinski definition) is 5. The second kappa shape index (κ2) is 7.19. The van der Waals surface area contributed by atoms with Gasteiger partial charge in [-0.2, -0.15) is 4.98 Å². The Hall–Kier alpha value is -2.21. The van der Waals surface area contributed by atoms with E-state index in [-0.39, 0.29) is 11.8 Å². The number of ether oxygens (including phenoxy) is 1. The number of rotatable bonds is 3. The molecule has 2 saturated heterocycles. The largest absolute Gasteiger partial charge is 0.381 e. The lowest BCUT2D eigenvalue weighted by atomic mass is 9.72. The maximum atomic E-state index is 13.7. The van der Waals surface area contributed by atoms with Crippen LogP contribution in [0.3, 0.4) is 0 Å². The van der Waals surface area contributed by atoms with Crippen molar-refractivity contribution in [1.82, 2.24) is 15.0 Å². The molecule has 1 unspecified atom stereocenters. The summed E-state index contributed by atoms with van der Waals surface area (Å²) in [5, 5.41) is 3.91. The van der Waals surface area contributed by atoms with Gasteiger partial charge in [0.1, 0.15) is 0 Å². The summed E-state index contributed by atoms with van der Waals surface area (Å²) in [6, 6.07) is 10.2. The van der Waals surface area contributed by atoms with E-state index in [1.807, 2.05) is 30.0 Å². The number of nitrogens with zero attached hydrogens (tertiary/aromatic N) is 3. The molecule has 4 rings (SSSR count). The Morgan fingerprint density at radius 2 is 2.00 bits per heavy atom. The molecule has 6 nitrogen and oxygen atoms in total. The first-order valence-corrected chi connectivity index (χ1v) is 9.42. The minimum Gasteiger partial charge on any atom is -0.381 e. The zero-order valence-electron chi connectivity index (χ0n) is 15.2. The summed E-state index contributed by atoms with van der Waals surface area (Å²) in [6.45, 7) is 4.51. The van der Waals surface area contributed by atoms with Crippen LogP contribution < -0.4 is 0 Å². The van der Waals surface area contributed by atoms with Crippen molar-refractivity contribution in [2.24, 2.45) is 0 Å². The molecule has 3 heterocycles. The van der Waals surface area contributed by atoms with Crippen LogP contribution in [0.1, 0.15) is 48.9 Å². The molecular weight excluding hydrogens is 330 g/mol. The van der Waals surface area contributed by atoms with Gasteiger partial charge < -0.3 is 14.2 Å². The minimum absolute atomic E-state index is 0.126. The van der Waals surface area contributed by atoms with Crippen molar-refractivity contribution in [3.63, 3.8) is 0 Å². The molecule has 6 heteroatoms. The summed E-state index contributed by atoms with van der Waals surface area (Å²) in [5.74, 6) is 1.64. The number of piperidine rings is 1. The molecule has 0 N–H and O–H groups in total. The monoisotopic (exact) mass is 355 g/mol. The van der Waals surface area contributed by atoms with Crippen molar-refractivity contribution in [3.05, 3.63) is 47.6 Å². The minimum atomic E-state index is -0.480. The zero-order valence-corrected chi connectivity index (χ0v) is 15.2. The Bertz CT molecular complexity index is 753. The molecule has 1 amide bonds. The van der Waals surface area contributed by atoms with Gasteiger partial charge in [0.05, 0.1) is 11.3 Å². The fraction of sp³-hybridized carbons (Fsp3) is 0.550. The summed E-state index contributed by atoms with van der Waals surface area (Å²) in [6.07, 6.45) is 3.40. The quantitative estimate of drug-likeness (QED) is 0.847. The Labute approximate surface area is 153 Å². The van der Waals surface area contributed by atoms with Crippen LogP contribution in [-0.4, -0.2) is 47.3 Å². The van der Waals surface area contributed by atoms with Gasteiger partial charge >= 0.3 is 0 Å². The Balaban J connectivity index is 1.59. The van der Waals surface area contributed by atoms with Crippen molar-refractivity contribution in [2.75, 3.05) is 26.3 Å². The van der Waals surface area contributed by atoms with Crippen LogP contribution in [0.25, 0.3) is 0 Å². The topological polar surface area (TPSA) is 68.5 Å². The third-order valence-corrected chi connectivity index (χ3v) is 5.68. The van der Waals surface area contributed by atoms with Gasteiger partial charge in [0.15, 0.2) is 5.82 Å². The molecule has 0 radical (unpaired) electrons. The molecule has 0 saturated carbocycles. The molecule has 2 aliphatic heterocycles. The van der Waals surface area contributed by atoms with Crippen molar-refractivity contribution in [3.8, 4) is 0 Å². The van der Waals surface area contributed by atoms with Crippen molar-refractivity contribution in [2.45, 2.75) is 43.9 Å². The SMILES string of the molecule is Cc1noc(C2CCCN(C(=O)C3(c4ccccc4)CCOCC3)C2)n1. The van der Waals surface area contributed by atoms with Crippen LogP contribution in [0, 0.1) is 6.92 Å². The van der Waals surface area contributed by atoms with Gasteiger partial charge in [-0.1, -0.05) is 35.5 Å². The normalized spacial score (nSPS) is 23.0. The highest BCUT2D eigenvalue weighted by Crippen LogP contribution is 2.38. The summed E-state index contributed by atoms with van der Waals surface area (Å²) in [5.41, 5.74) is 0.621. The number of aryl methyl sites for hydroxylation is 1. The first kappa shape index (κ1) is 17.2. The van der Waals surface area contributed by atoms with Crippen LogP contribution in [0.2, 0.25) is 0 Å². The van der Waals surface area contributed by atoms with Crippen molar-refractivity contribution >= 4 is 5.91 Å². The van der Waals surface area contributed by atoms with Gasteiger partial charge in [0.25, 0.3) is 0 Å². The maximum Gasteiger partial charge on any atom is 0.233 e. The number of carbonyl (C=O) groups excluding carboxylic acids is 1. The smallest absolute Gasteiger partial charge is 0.233 e. The molecule has 1 atom stereocenters. The van der Waals surface area contributed by atoms with Gasteiger partial charge in [-0.3, -0.25) is 4.79 Å². The second-order valence-electron chi connectivity index (χ2n) is 7.33. The van der Waals surface area contributed by atoms with Crippen LogP contribution >= 0.6 is 0 Å². The standard InChI is InChI=1S/C20H25N3O3/c1-15-21-18(26-22-15)16-6-5-11-23(14-16)19(24)20(9-12-25-13-10-20)17-7-3-2-4-8-17/h2-4,7-8,16H,5-6,9-14H2,1H3. The highest BCUT2D eigenvalue weighted by molar-refractivity contribution is 5.88. The van der Waals surface area contributed by atoms with E-state index in [0.29, 0.717) is 31.5 Å². The van der Waals surface area contributed by atoms with E-state index in [9.17, 15) is 4.79 Å². The van der Waals surface area contributed by atoms with E-state index in [2.05, 4.69) is 22.3 Å². The lowest BCUT2D eigenvalue weighted by Crippen LogP contribution is -2.52. The van der Waals surface area contributed by atoms with E-state index < -0.39 is 5.41 Å². The molecule has 2 aliphatic rings. The molecule has 1 aromatic carbocycles. The van der Waals surface area contributed by atoms with Gasteiger partial charge in [0.2, 0.25) is 11.8 Å². The molecule has 2 fully saturated rings. The highest BCUT2D eigenvalue weighted by Gasteiger charge is 2.45. The number of carbonyl (C=O) groups is 1. The Kier molecular flexibility index (Phi) is 4.76. The van der Waals surface area contributed by atoms with Gasteiger partial charge in [-0.25, -0.2) is 0 Å². The van der Waals surface area contributed by atoms with Crippen LogP contribution in [-0.2, 0) is 14.9 Å². The Morgan fingerprint density at radius 3 is 2.69 bits per heavy atom. The van der Waals surface area contributed by atoms with Crippen LogP contribution in [0.4, 0.5) is 0 Å². The molecule has 0 spiro atoms. The molecule has 138 valence electrons. The summed E-state index contributed by atoms with van der Waals surface area (Å²) >= 11 is 0. The molecule has 0 bridgehead atoms. The number of likely N-dealkylation sites (tertiary alicyclic amines) is 1. The van der Waals surface area contributed by atoms with E-state index in [0.717, 1.165) is 37.8 Å². The highest BCUT2D eigenvalue weighted by atomic mass is 16.5. The van der Waals surface area contributed by atoms with Crippen molar-refractivity contribution < 1.29 is 14.1 Å². The van der Waals surface area contributed by atoms with Crippen molar-refractivity contribution in [1.29, 1.82) is 0 Å². The van der Waals surface area contributed by atoms with E-state index in [1.165, 1.54) is 0 Å². The third-order valence-electron chi connectivity index (χ3n) is 5.68. The first-order chi connectivity index (χ1) is 12.7. The second-order valence-corrected chi connectivity index (χ2v) is 7.33. The average Bonchev–Trinajstić information content (AvgIpc) is 3.15. The molecular formula is C20H25N3O3. The summed E-state index contributed by atoms with van der Waals surface area (Å²) in [4.78, 5) is 20.0. The fourth-order valence-corrected chi connectivity index (χ4v) is 4.25. The average molecular weight is 355 g/mol. The van der Waals surface area contributed by atoms with Gasteiger partial charge in [-0.05, 0) is 38.2 Å². The van der Waals surface area contributed by atoms with Gasteiger partial charge in [0, 0.05) is 26.3 Å². The summed E-state index contributed by atoms with van der Waals surface area (Å²) < 4.78 is 10.9. The lowest BCUT2D eigenvalue weighted by molar-refractivity contribution is -0.142. The number of benzene rings is 1. The number of hydrogen-bond donors (Lipinski definition) is 0.